The first-order valence-electron chi connectivity index (χ1n) is 8.28. The van der Waals surface area contributed by atoms with E-state index >= 15 is 0 Å². The summed E-state index contributed by atoms with van der Waals surface area (Å²) in [7, 11) is -4.75. The van der Waals surface area contributed by atoms with E-state index < -0.39 is 38.5 Å². The van der Waals surface area contributed by atoms with Gasteiger partial charge < -0.3 is 10.6 Å². The number of anilines is 1. The molecule has 0 bridgehead atoms. The van der Waals surface area contributed by atoms with Crippen molar-refractivity contribution >= 4 is 38.1 Å². The molecule has 1 fully saturated rings. The number of benzene rings is 1. The summed E-state index contributed by atoms with van der Waals surface area (Å²) in [6.07, 6.45) is 0.368. The molecule has 0 spiro atoms. The first-order chi connectivity index (χ1) is 12.1. The smallest absolute Gasteiger partial charge is 0.237 e. The molecule has 2 atom stereocenters. The summed E-state index contributed by atoms with van der Waals surface area (Å²) in [6.45, 7) is 5.74. The summed E-state index contributed by atoms with van der Waals surface area (Å²) in [5, 5.41) is 5.32. The van der Waals surface area contributed by atoms with Gasteiger partial charge >= 0.3 is 0 Å². The van der Waals surface area contributed by atoms with Crippen LogP contribution in [-0.2, 0) is 30.2 Å². The van der Waals surface area contributed by atoms with Crippen LogP contribution in [0.4, 0.5) is 5.69 Å². The van der Waals surface area contributed by atoms with Gasteiger partial charge in [-0.25, -0.2) is 8.42 Å². The first kappa shape index (κ1) is 20.6. The van der Waals surface area contributed by atoms with E-state index in [-0.39, 0.29) is 23.0 Å². The molecule has 0 saturated carbocycles. The van der Waals surface area contributed by atoms with Gasteiger partial charge in [-0.2, -0.15) is 0 Å². The molecule has 2 rings (SSSR count). The highest BCUT2D eigenvalue weighted by Gasteiger charge is 2.29. The molecule has 1 aromatic carbocycles. The van der Waals surface area contributed by atoms with Crippen molar-refractivity contribution in [3.63, 3.8) is 0 Å². The van der Waals surface area contributed by atoms with Gasteiger partial charge in [0.2, 0.25) is 11.8 Å². The quantitative estimate of drug-likeness (QED) is 0.727. The van der Waals surface area contributed by atoms with Gasteiger partial charge in [-0.15, -0.1) is 0 Å². The van der Waals surface area contributed by atoms with Gasteiger partial charge in [0.25, 0.3) is 0 Å². The number of nitrogens with one attached hydrogen (secondary N) is 2. The zero-order chi connectivity index (χ0) is 19.5. The van der Waals surface area contributed by atoms with Gasteiger partial charge in [-0.05, 0) is 38.3 Å². The Morgan fingerprint density at radius 2 is 1.69 bits per heavy atom. The maximum Gasteiger partial charge on any atom is 0.237 e. The molecular formula is C17H24N2O5S2. The fourth-order valence-electron chi connectivity index (χ4n) is 3.07. The molecule has 0 aliphatic carbocycles. The Balaban J connectivity index is 1.84. The van der Waals surface area contributed by atoms with Crippen LogP contribution in [0.2, 0.25) is 0 Å². The van der Waals surface area contributed by atoms with E-state index in [0.717, 1.165) is 16.7 Å². The predicted octanol–water partition coefficient (Wildman–Crippen LogP) is 0.602. The zero-order valence-corrected chi connectivity index (χ0v) is 16.8. The van der Waals surface area contributed by atoms with E-state index in [2.05, 4.69) is 10.6 Å². The molecule has 1 aliphatic rings. The van der Waals surface area contributed by atoms with Crippen molar-refractivity contribution in [3.05, 3.63) is 28.8 Å². The lowest BCUT2D eigenvalue weighted by Gasteiger charge is -2.13. The SMILES string of the molecule is Cc1cc(C)c(NC(=O)C[S@](=O)CC(=O)N[C@@H]2CCS(=O)(=O)C2)c(C)c1. The Morgan fingerprint density at radius 3 is 2.23 bits per heavy atom. The lowest BCUT2D eigenvalue weighted by molar-refractivity contribution is -0.119. The second-order valence-electron chi connectivity index (χ2n) is 6.72. The third-order valence-corrected chi connectivity index (χ3v) is 7.06. The van der Waals surface area contributed by atoms with Crippen LogP contribution < -0.4 is 10.6 Å². The van der Waals surface area contributed by atoms with Gasteiger partial charge in [-0.3, -0.25) is 13.8 Å². The van der Waals surface area contributed by atoms with E-state index in [1.54, 1.807) is 0 Å². The lowest BCUT2D eigenvalue weighted by Crippen LogP contribution is -2.39. The fraction of sp³-hybridized carbons (Fsp3) is 0.529. The van der Waals surface area contributed by atoms with Gasteiger partial charge in [-0.1, -0.05) is 17.7 Å². The number of hydrogen-bond acceptors (Lipinski definition) is 5. The number of hydrogen-bond donors (Lipinski definition) is 2. The molecule has 144 valence electrons. The highest BCUT2D eigenvalue weighted by Crippen LogP contribution is 2.21. The van der Waals surface area contributed by atoms with Crippen molar-refractivity contribution in [1.29, 1.82) is 0 Å². The molecule has 0 aromatic heterocycles. The fourth-order valence-corrected chi connectivity index (χ4v) is 5.59. The van der Waals surface area contributed by atoms with Crippen molar-refractivity contribution in [2.45, 2.75) is 33.2 Å². The second-order valence-corrected chi connectivity index (χ2v) is 10.4. The second kappa shape index (κ2) is 8.30. The standard InChI is InChI=1S/C17H24N2O5S2/c1-11-6-12(2)17(13(3)7-11)19-16(21)9-25(22)8-15(20)18-14-4-5-26(23,24)10-14/h6-7,14H,4-5,8-10H2,1-3H3,(H,18,20)(H,19,21)/t14-,25-/m1/s1. The van der Waals surface area contributed by atoms with Crippen LogP contribution in [0.15, 0.2) is 12.1 Å². The number of aryl methyl sites for hydroxylation is 3. The molecule has 0 unspecified atom stereocenters. The summed E-state index contributed by atoms with van der Waals surface area (Å²) in [6, 6.07) is 3.46. The minimum Gasteiger partial charge on any atom is -0.352 e. The zero-order valence-electron chi connectivity index (χ0n) is 15.1. The summed E-state index contributed by atoms with van der Waals surface area (Å²) < 4.78 is 34.8. The Hall–Kier alpha value is -1.74. The van der Waals surface area contributed by atoms with Gasteiger partial charge in [0.15, 0.2) is 9.84 Å². The van der Waals surface area contributed by atoms with Crippen LogP contribution in [-0.4, -0.2) is 53.5 Å². The molecule has 2 amide bonds. The Kier molecular flexibility index (Phi) is 6.57. The number of sulfone groups is 1. The third-order valence-electron chi connectivity index (χ3n) is 4.12. The van der Waals surface area contributed by atoms with Gasteiger partial charge in [0.1, 0.15) is 11.5 Å². The van der Waals surface area contributed by atoms with Crippen LogP contribution in [0, 0.1) is 20.8 Å². The van der Waals surface area contributed by atoms with Crippen LogP contribution in [0.5, 0.6) is 0 Å². The molecule has 1 aromatic rings. The minimum absolute atomic E-state index is 0.0543. The van der Waals surface area contributed by atoms with Crippen molar-refractivity contribution in [1.82, 2.24) is 5.32 Å². The molecule has 9 heteroatoms. The molecule has 1 saturated heterocycles. The Morgan fingerprint density at radius 1 is 1.12 bits per heavy atom. The van der Waals surface area contributed by atoms with E-state index in [9.17, 15) is 22.2 Å². The molecule has 0 radical (unpaired) electrons. The van der Waals surface area contributed by atoms with Crippen LogP contribution in [0.1, 0.15) is 23.1 Å². The van der Waals surface area contributed by atoms with Crippen molar-refractivity contribution in [3.8, 4) is 0 Å². The molecular weight excluding hydrogens is 376 g/mol. The average molecular weight is 401 g/mol. The molecule has 2 N–H and O–H groups in total. The number of amides is 2. The van der Waals surface area contributed by atoms with Crippen LogP contribution >= 0.6 is 0 Å². The highest BCUT2D eigenvalue weighted by atomic mass is 32.2. The largest absolute Gasteiger partial charge is 0.352 e. The van der Waals surface area contributed by atoms with Gasteiger partial charge in [0, 0.05) is 22.5 Å². The normalized spacial score (nSPS) is 19.7. The summed E-state index contributed by atoms with van der Waals surface area (Å²) in [5.74, 6) is -1.56. The molecule has 7 nitrogen and oxygen atoms in total. The van der Waals surface area contributed by atoms with E-state index in [1.807, 2.05) is 32.9 Å². The molecule has 1 heterocycles. The molecule has 26 heavy (non-hydrogen) atoms. The van der Waals surface area contributed by atoms with E-state index in [4.69, 9.17) is 0 Å². The summed E-state index contributed by atoms with van der Waals surface area (Å²) in [4.78, 5) is 24.0. The van der Waals surface area contributed by atoms with E-state index in [1.165, 1.54) is 0 Å². The molecule has 1 aliphatic heterocycles. The predicted molar refractivity (Wildman–Crippen MR) is 102 cm³/mol. The maximum atomic E-state index is 12.1. The Bertz CT molecular complexity index is 826. The first-order valence-corrected chi connectivity index (χ1v) is 11.6. The van der Waals surface area contributed by atoms with Crippen molar-refractivity contribution < 1.29 is 22.2 Å². The van der Waals surface area contributed by atoms with Crippen LogP contribution in [0.25, 0.3) is 0 Å². The highest BCUT2D eigenvalue weighted by molar-refractivity contribution is 7.91. The Labute approximate surface area is 156 Å². The van der Waals surface area contributed by atoms with Gasteiger partial charge in [0.05, 0.1) is 11.5 Å². The lowest BCUT2D eigenvalue weighted by atomic mass is 10.1. The number of carbonyl (C=O) groups is 2. The van der Waals surface area contributed by atoms with Crippen LogP contribution in [0.3, 0.4) is 0 Å². The average Bonchev–Trinajstić information content (AvgIpc) is 2.81. The summed E-state index contributed by atoms with van der Waals surface area (Å²) in [5.41, 5.74) is 3.62. The third kappa shape index (κ3) is 5.91. The van der Waals surface area contributed by atoms with Crippen molar-refractivity contribution in [2.24, 2.45) is 0 Å². The van der Waals surface area contributed by atoms with Crippen molar-refractivity contribution in [2.75, 3.05) is 28.3 Å². The summed E-state index contributed by atoms with van der Waals surface area (Å²) >= 11 is 0. The van der Waals surface area contributed by atoms with E-state index in [0.29, 0.717) is 12.1 Å². The monoisotopic (exact) mass is 400 g/mol. The topological polar surface area (TPSA) is 109 Å². The number of rotatable bonds is 6. The number of carbonyl (C=O) groups excluding carboxylic acids is 2. The minimum atomic E-state index is -3.09. The maximum absolute atomic E-state index is 12.1.